The van der Waals surface area contributed by atoms with E-state index in [0.717, 1.165) is 36.0 Å². The number of fused-ring (bicyclic) bond motifs is 1. The highest BCUT2D eigenvalue weighted by atomic mass is 19.1. The van der Waals surface area contributed by atoms with Gasteiger partial charge in [-0.25, -0.2) is 4.39 Å². The van der Waals surface area contributed by atoms with Gasteiger partial charge in [-0.15, -0.1) is 0 Å². The van der Waals surface area contributed by atoms with Gasteiger partial charge in [-0.1, -0.05) is 30.3 Å². The Morgan fingerprint density at radius 1 is 1.24 bits per heavy atom. The molecular weight excluding hydrogens is 261 g/mol. The van der Waals surface area contributed by atoms with Crippen LogP contribution in [0, 0.1) is 24.1 Å². The molecule has 0 aromatic heterocycles. The Balaban J connectivity index is 2.05. The van der Waals surface area contributed by atoms with Gasteiger partial charge in [0.1, 0.15) is 5.82 Å². The van der Waals surface area contributed by atoms with E-state index in [4.69, 9.17) is 0 Å². The van der Waals surface area contributed by atoms with E-state index >= 15 is 0 Å². The van der Waals surface area contributed by atoms with Gasteiger partial charge < -0.3 is 0 Å². The number of hydrogen-bond donors (Lipinski definition) is 0. The fourth-order valence-electron chi connectivity index (χ4n) is 3.44. The standard InChI is InChI=1S/C19H18FN/c1-14-11-17(20)9-8-16(14)12-19(13-21)10-4-6-15-5-2-3-7-18(15)19/h2-3,5,7-9,11H,4,6,10,12H2,1H3. The SMILES string of the molecule is Cc1cc(F)ccc1CC1(C#N)CCCc2ccccc21. The average molecular weight is 279 g/mol. The molecule has 1 nitrogen and oxygen atoms in total. The van der Waals surface area contributed by atoms with Gasteiger partial charge in [0.05, 0.1) is 11.5 Å². The number of benzene rings is 2. The van der Waals surface area contributed by atoms with E-state index in [1.165, 1.54) is 11.6 Å². The van der Waals surface area contributed by atoms with Crippen LogP contribution in [-0.4, -0.2) is 0 Å². The molecule has 1 atom stereocenters. The highest BCUT2D eigenvalue weighted by Crippen LogP contribution is 2.40. The van der Waals surface area contributed by atoms with Crippen LogP contribution >= 0.6 is 0 Å². The summed E-state index contributed by atoms with van der Waals surface area (Å²) in [5, 5.41) is 9.87. The summed E-state index contributed by atoms with van der Waals surface area (Å²) >= 11 is 0. The Morgan fingerprint density at radius 2 is 2.05 bits per heavy atom. The van der Waals surface area contributed by atoms with Gasteiger partial charge in [-0.3, -0.25) is 0 Å². The number of nitriles is 1. The quantitative estimate of drug-likeness (QED) is 0.795. The minimum atomic E-state index is -0.475. The zero-order valence-electron chi connectivity index (χ0n) is 12.2. The molecule has 0 heterocycles. The monoisotopic (exact) mass is 279 g/mol. The molecule has 0 spiro atoms. The molecular formula is C19H18FN. The van der Waals surface area contributed by atoms with E-state index in [0.29, 0.717) is 6.42 Å². The van der Waals surface area contributed by atoms with Crippen LogP contribution in [0.5, 0.6) is 0 Å². The second-order valence-corrected chi connectivity index (χ2v) is 5.95. The summed E-state index contributed by atoms with van der Waals surface area (Å²) < 4.78 is 13.3. The molecule has 2 aromatic rings. The Hall–Kier alpha value is -2.14. The summed E-state index contributed by atoms with van der Waals surface area (Å²) in [6.45, 7) is 1.91. The van der Waals surface area contributed by atoms with Crippen LogP contribution in [0.2, 0.25) is 0 Å². The molecule has 106 valence electrons. The summed E-state index contributed by atoms with van der Waals surface area (Å²) in [5.74, 6) is -0.216. The predicted molar refractivity (Wildman–Crippen MR) is 81.5 cm³/mol. The van der Waals surface area contributed by atoms with Crippen molar-refractivity contribution >= 4 is 0 Å². The first-order valence-electron chi connectivity index (χ1n) is 7.39. The number of aryl methyl sites for hydroxylation is 2. The van der Waals surface area contributed by atoms with E-state index in [-0.39, 0.29) is 5.82 Å². The van der Waals surface area contributed by atoms with E-state index in [2.05, 4.69) is 18.2 Å². The van der Waals surface area contributed by atoms with Gasteiger partial charge in [-0.2, -0.15) is 5.26 Å². The van der Waals surface area contributed by atoms with E-state index in [9.17, 15) is 9.65 Å². The Morgan fingerprint density at radius 3 is 2.81 bits per heavy atom. The number of hydrogen-bond acceptors (Lipinski definition) is 1. The first kappa shape index (κ1) is 13.8. The molecule has 0 fully saturated rings. The fourth-order valence-corrected chi connectivity index (χ4v) is 3.44. The van der Waals surface area contributed by atoms with Gasteiger partial charge in [-0.05, 0) is 67.0 Å². The Bertz CT molecular complexity index is 714. The first-order chi connectivity index (χ1) is 10.1. The summed E-state index contributed by atoms with van der Waals surface area (Å²) in [6.07, 6.45) is 3.61. The van der Waals surface area contributed by atoms with Crippen molar-refractivity contribution in [2.24, 2.45) is 0 Å². The molecule has 0 N–H and O–H groups in total. The van der Waals surface area contributed by atoms with Crippen LogP contribution in [0.1, 0.15) is 35.1 Å². The van der Waals surface area contributed by atoms with Crippen molar-refractivity contribution < 1.29 is 4.39 Å². The summed E-state index contributed by atoms with van der Waals surface area (Å²) in [6, 6.07) is 15.7. The average Bonchev–Trinajstić information content (AvgIpc) is 2.50. The molecule has 0 radical (unpaired) electrons. The number of rotatable bonds is 2. The summed E-state index contributed by atoms with van der Waals surface area (Å²) in [5.41, 5.74) is 3.95. The molecule has 3 rings (SSSR count). The van der Waals surface area contributed by atoms with Crippen LogP contribution in [-0.2, 0) is 18.3 Å². The van der Waals surface area contributed by atoms with Crippen molar-refractivity contribution in [3.8, 4) is 6.07 Å². The number of halogens is 1. The van der Waals surface area contributed by atoms with Gasteiger partial charge in [0.25, 0.3) is 0 Å². The lowest BCUT2D eigenvalue weighted by atomic mass is 9.67. The van der Waals surface area contributed by atoms with Crippen LogP contribution in [0.25, 0.3) is 0 Å². The zero-order chi connectivity index (χ0) is 14.9. The maximum atomic E-state index is 13.3. The molecule has 2 aromatic carbocycles. The predicted octanol–water partition coefficient (Wildman–Crippen LogP) is 4.47. The molecule has 0 amide bonds. The van der Waals surface area contributed by atoms with Crippen molar-refractivity contribution in [1.82, 2.24) is 0 Å². The minimum Gasteiger partial charge on any atom is -0.207 e. The summed E-state index contributed by atoms with van der Waals surface area (Å²) in [7, 11) is 0. The van der Waals surface area contributed by atoms with Gasteiger partial charge in [0.15, 0.2) is 0 Å². The third-order valence-electron chi connectivity index (χ3n) is 4.59. The van der Waals surface area contributed by atoms with Gasteiger partial charge >= 0.3 is 0 Å². The second kappa shape index (κ2) is 5.33. The molecule has 0 saturated carbocycles. The largest absolute Gasteiger partial charge is 0.207 e. The van der Waals surface area contributed by atoms with Crippen LogP contribution < -0.4 is 0 Å². The Kier molecular flexibility index (Phi) is 3.51. The van der Waals surface area contributed by atoms with Gasteiger partial charge in [0, 0.05) is 0 Å². The number of nitrogens with zero attached hydrogens (tertiary/aromatic N) is 1. The fraction of sp³-hybridized carbons (Fsp3) is 0.316. The zero-order valence-corrected chi connectivity index (χ0v) is 12.2. The molecule has 2 heteroatoms. The van der Waals surface area contributed by atoms with E-state index in [1.54, 1.807) is 6.07 Å². The van der Waals surface area contributed by atoms with Crippen molar-refractivity contribution in [2.75, 3.05) is 0 Å². The van der Waals surface area contributed by atoms with Crippen molar-refractivity contribution in [1.29, 1.82) is 5.26 Å². The summed E-state index contributed by atoms with van der Waals surface area (Å²) in [4.78, 5) is 0. The second-order valence-electron chi connectivity index (χ2n) is 5.95. The minimum absolute atomic E-state index is 0.216. The lowest BCUT2D eigenvalue weighted by Gasteiger charge is -2.34. The molecule has 1 aliphatic carbocycles. The lowest BCUT2D eigenvalue weighted by molar-refractivity contribution is 0.449. The molecule has 1 unspecified atom stereocenters. The topological polar surface area (TPSA) is 23.8 Å². The van der Waals surface area contributed by atoms with Crippen LogP contribution in [0.15, 0.2) is 42.5 Å². The third kappa shape index (κ3) is 2.45. The molecule has 0 bridgehead atoms. The molecule has 0 saturated heterocycles. The van der Waals surface area contributed by atoms with Crippen molar-refractivity contribution in [3.05, 3.63) is 70.5 Å². The van der Waals surface area contributed by atoms with E-state index in [1.807, 2.05) is 25.1 Å². The van der Waals surface area contributed by atoms with E-state index < -0.39 is 5.41 Å². The lowest BCUT2D eigenvalue weighted by Crippen LogP contribution is -2.32. The highest BCUT2D eigenvalue weighted by Gasteiger charge is 2.37. The molecule has 21 heavy (non-hydrogen) atoms. The van der Waals surface area contributed by atoms with Crippen molar-refractivity contribution in [2.45, 2.75) is 38.0 Å². The maximum Gasteiger partial charge on any atom is 0.123 e. The van der Waals surface area contributed by atoms with Crippen molar-refractivity contribution in [3.63, 3.8) is 0 Å². The highest BCUT2D eigenvalue weighted by molar-refractivity contribution is 5.44. The van der Waals surface area contributed by atoms with Crippen LogP contribution in [0.3, 0.4) is 0 Å². The third-order valence-corrected chi connectivity index (χ3v) is 4.59. The first-order valence-corrected chi connectivity index (χ1v) is 7.39. The van der Waals surface area contributed by atoms with Gasteiger partial charge in [0.2, 0.25) is 0 Å². The molecule has 1 aliphatic rings. The van der Waals surface area contributed by atoms with Crippen LogP contribution in [0.4, 0.5) is 4.39 Å². The normalized spacial score (nSPS) is 20.6. The Labute approximate surface area is 125 Å². The molecule has 0 aliphatic heterocycles. The smallest absolute Gasteiger partial charge is 0.123 e. The maximum absolute atomic E-state index is 13.3.